The molecule has 1 amide bonds. The summed E-state index contributed by atoms with van der Waals surface area (Å²) in [5, 5.41) is 3.01. The number of benzene rings is 2. The van der Waals surface area contributed by atoms with Crippen LogP contribution < -0.4 is 5.32 Å². The van der Waals surface area contributed by atoms with Crippen molar-refractivity contribution >= 4 is 27.5 Å². The number of aryl methyl sites for hydroxylation is 2. The Labute approximate surface area is 165 Å². The number of fused-ring (bicyclic) bond motifs is 1. The molecule has 7 heteroatoms. The molecule has 0 spiro atoms. The molecule has 2 aromatic carbocycles. The van der Waals surface area contributed by atoms with E-state index in [4.69, 9.17) is 0 Å². The maximum Gasteiger partial charge on any atom is 0.285 e. The average Bonchev–Trinajstić information content (AvgIpc) is 2.92. The third kappa shape index (κ3) is 3.42. The number of carbonyl (C=O) groups excluding carboxylic acids is 1. The van der Waals surface area contributed by atoms with Crippen LogP contribution in [0.25, 0.3) is 0 Å². The van der Waals surface area contributed by atoms with Gasteiger partial charge in [-0.3, -0.25) is 4.79 Å². The van der Waals surface area contributed by atoms with Gasteiger partial charge < -0.3 is 10.2 Å². The van der Waals surface area contributed by atoms with Gasteiger partial charge in [0.05, 0.1) is 0 Å². The standard InChI is InChI=1S/C21H23N3O3S/c1-14-11-15(2)13-16(12-14)22-21(25)18-8-5-6-10-24(18)20-17-7-3-4-9-19(17)28(26,27)23-20/h3-4,7,9,11-13,18H,5-6,8,10H2,1-2H3,(H,22,25)/t18-/m1/s1. The fourth-order valence-corrected chi connectivity index (χ4v) is 5.24. The molecular weight excluding hydrogens is 374 g/mol. The maximum absolute atomic E-state index is 13.1. The second kappa shape index (κ2) is 7.05. The third-order valence-electron chi connectivity index (χ3n) is 5.18. The lowest BCUT2D eigenvalue weighted by Crippen LogP contribution is -2.50. The van der Waals surface area contributed by atoms with Crippen LogP contribution in [0.1, 0.15) is 36.0 Å². The van der Waals surface area contributed by atoms with E-state index in [2.05, 4.69) is 15.8 Å². The van der Waals surface area contributed by atoms with E-state index in [0.29, 0.717) is 24.4 Å². The van der Waals surface area contributed by atoms with E-state index in [-0.39, 0.29) is 10.8 Å². The van der Waals surface area contributed by atoms with E-state index in [1.165, 1.54) is 0 Å². The number of likely N-dealkylation sites (tertiary alicyclic amines) is 1. The molecule has 4 rings (SSSR count). The molecule has 1 N–H and O–H groups in total. The monoisotopic (exact) mass is 397 g/mol. The molecule has 0 aromatic heterocycles. The minimum absolute atomic E-state index is 0.130. The lowest BCUT2D eigenvalue weighted by molar-refractivity contribution is -0.120. The van der Waals surface area contributed by atoms with Crippen LogP contribution in [0.5, 0.6) is 0 Å². The van der Waals surface area contributed by atoms with Crippen LogP contribution in [0.3, 0.4) is 0 Å². The van der Waals surface area contributed by atoms with E-state index in [0.717, 1.165) is 29.7 Å². The molecule has 2 aromatic rings. The Morgan fingerprint density at radius 1 is 1.11 bits per heavy atom. The van der Waals surface area contributed by atoms with Crippen molar-refractivity contribution in [2.24, 2.45) is 4.40 Å². The Hall–Kier alpha value is -2.67. The highest BCUT2D eigenvalue weighted by Crippen LogP contribution is 2.31. The molecular formula is C21H23N3O3S. The Morgan fingerprint density at radius 3 is 2.57 bits per heavy atom. The zero-order valence-electron chi connectivity index (χ0n) is 16.0. The number of sulfonamides is 1. The first-order valence-corrected chi connectivity index (χ1v) is 10.9. The summed E-state index contributed by atoms with van der Waals surface area (Å²) in [5.41, 5.74) is 3.50. The molecule has 2 aliphatic heterocycles. The fraction of sp³-hybridized carbons (Fsp3) is 0.333. The minimum atomic E-state index is -3.71. The molecule has 0 bridgehead atoms. The first kappa shape index (κ1) is 18.7. The van der Waals surface area contributed by atoms with Crippen LogP contribution in [0, 0.1) is 13.8 Å². The zero-order chi connectivity index (χ0) is 19.9. The van der Waals surface area contributed by atoms with Gasteiger partial charge in [-0.1, -0.05) is 18.2 Å². The van der Waals surface area contributed by atoms with Crippen LogP contribution in [-0.2, 0) is 14.8 Å². The molecule has 0 radical (unpaired) electrons. The van der Waals surface area contributed by atoms with Crippen LogP contribution in [0.2, 0.25) is 0 Å². The molecule has 1 fully saturated rings. The maximum atomic E-state index is 13.1. The van der Waals surface area contributed by atoms with Crippen molar-refractivity contribution in [1.29, 1.82) is 0 Å². The fourth-order valence-electron chi connectivity index (χ4n) is 4.03. The Morgan fingerprint density at radius 2 is 1.82 bits per heavy atom. The van der Waals surface area contributed by atoms with Gasteiger partial charge in [-0.2, -0.15) is 8.42 Å². The number of anilines is 1. The van der Waals surface area contributed by atoms with Gasteiger partial charge in [0.2, 0.25) is 5.91 Å². The lowest BCUT2D eigenvalue weighted by atomic mass is 9.99. The molecule has 0 saturated carbocycles. The highest BCUT2D eigenvalue weighted by molar-refractivity contribution is 7.90. The van der Waals surface area contributed by atoms with Crippen LogP contribution in [-0.4, -0.2) is 37.6 Å². The Bertz CT molecular complexity index is 1060. The molecule has 1 atom stereocenters. The second-order valence-corrected chi connectivity index (χ2v) is 9.03. The van der Waals surface area contributed by atoms with Crippen molar-refractivity contribution in [3.63, 3.8) is 0 Å². The van der Waals surface area contributed by atoms with Gasteiger partial charge in [0.15, 0.2) is 5.84 Å². The topological polar surface area (TPSA) is 78.8 Å². The zero-order valence-corrected chi connectivity index (χ0v) is 16.8. The Balaban J connectivity index is 1.65. The van der Waals surface area contributed by atoms with Crippen molar-refractivity contribution in [1.82, 2.24) is 4.90 Å². The number of hydrogen-bond acceptors (Lipinski definition) is 4. The van der Waals surface area contributed by atoms with Crippen molar-refractivity contribution in [3.8, 4) is 0 Å². The van der Waals surface area contributed by atoms with Gasteiger partial charge in [-0.25, -0.2) is 0 Å². The van der Waals surface area contributed by atoms with Gasteiger partial charge in [0, 0.05) is 17.8 Å². The van der Waals surface area contributed by atoms with Gasteiger partial charge in [-0.05, 0) is 68.5 Å². The van der Waals surface area contributed by atoms with Gasteiger partial charge in [0.25, 0.3) is 10.0 Å². The quantitative estimate of drug-likeness (QED) is 0.844. The highest BCUT2D eigenvalue weighted by atomic mass is 32.2. The minimum Gasteiger partial charge on any atom is -0.343 e. The summed E-state index contributed by atoms with van der Waals surface area (Å²) in [7, 11) is -3.71. The number of amides is 1. The second-order valence-electron chi connectivity index (χ2n) is 7.46. The smallest absolute Gasteiger partial charge is 0.285 e. The largest absolute Gasteiger partial charge is 0.343 e. The number of hydrogen-bond donors (Lipinski definition) is 1. The van der Waals surface area contributed by atoms with E-state index in [9.17, 15) is 13.2 Å². The molecule has 146 valence electrons. The average molecular weight is 398 g/mol. The van der Waals surface area contributed by atoms with Gasteiger partial charge in [-0.15, -0.1) is 4.40 Å². The molecule has 28 heavy (non-hydrogen) atoms. The first-order chi connectivity index (χ1) is 13.3. The normalized spacial score (nSPS) is 20.4. The summed E-state index contributed by atoms with van der Waals surface area (Å²) < 4.78 is 28.9. The number of amidine groups is 1. The summed E-state index contributed by atoms with van der Waals surface area (Å²) in [6.07, 6.45) is 2.48. The van der Waals surface area contributed by atoms with Crippen molar-refractivity contribution < 1.29 is 13.2 Å². The summed E-state index contributed by atoms with van der Waals surface area (Å²) in [6.45, 7) is 4.59. The number of nitrogens with zero attached hydrogens (tertiary/aromatic N) is 2. The van der Waals surface area contributed by atoms with Crippen LogP contribution in [0.15, 0.2) is 51.8 Å². The highest BCUT2D eigenvalue weighted by Gasteiger charge is 2.37. The number of nitrogens with one attached hydrogen (secondary N) is 1. The molecule has 6 nitrogen and oxygen atoms in total. The molecule has 0 aliphatic carbocycles. The first-order valence-electron chi connectivity index (χ1n) is 9.45. The predicted octanol–water partition coefficient (Wildman–Crippen LogP) is 3.25. The Kier molecular flexibility index (Phi) is 4.71. The van der Waals surface area contributed by atoms with E-state index in [1.54, 1.807) is 24.3 Å². The SMILES string of the molecule is Cc1cc(C)cc(NC(=O)[C@H]2CCCCN2C2=NS(=O)(=O)c3ccccc32)c1. The van der Waals surface area contributed by atoms with Crippen molar-refractivity contribution in [2.75, 3.05) is 11.9 Å². The van der Waals surface area contributed by atoms with E-state index >= 15 is 0 Å². The van der Waals surface area contributed by atoms with E-state index < -0.39 is 16.1 Å². The summed E-state index contributed by atoms with van der Waals surface area (Å²) in [6, 6.07) is 12.3. The number of piperidine rings is 1. The van der Waals surface area contributed by atoms with Crippen LogP contribution in [0.4, 0.5) is 5.69 Å². The molecule has 1 saturated heterocycles. The van der Waals surface area contributed by atoms with Gasteiger partial charge in [0.1, 0.15) is 10.9 Å². The number of carbonyl (C=O) groups is 1. The van der Waals surface area contributed by atoms with Crippen LogP contribution >= 0.6 is 0 Å². The van der Waals surface area contributed by atoms with Crippen molar-refractivity contribution in [3.05, 3.63) is 59.2 Å². The van der Waals surface area contributed by atoms with Crippen molar-refractivity contribution in [2.45, 2.75) is 44.0 Å². The number of rotatable bonds is 2. The third-order valence-corrected chi connectivity index (χ3v) is 6.50. The predicted molar refractivity (Wildman–Crippen MR) is 109 cm³/mol. The lowest BCUT2D eigenvalue weighted by Gasteiger charge is -2.36. The molecule has 2 aliphatic rings. The molecule has 2 heterocycles. The van der Waals surface area contributed by atoms with Gasteiger partial charge >= 0.3 is 0 Å². The van der Waals surface area contributed by atoms with E-state index in [1.807, 2.05) is 30.9 Å². The summed E-state index contributed by atoms with van der Waals surface area (Å²) in [5.74, 6) is 0.255. The summed E-state index contributed by atoms with van der Waals surface area (Å²) >= 11 is 0. The summed E-state index contributed by atoms with van der Waals surface area (Å²) in [4.78, 5) is 15.1. The molecule has 0 unspecified atom stereocenters.